The van der Waals surface area contributed by atoms with E-state index in [0.29, 0.717) is 5.02 Å². The summed E-state index contributed by atoms with van der Waals surface area (Å²) in [6, 6.07) is 7.39. The van der Waals surface area contributed by atoms with Crippen molar-refractivity contribution in [2.45, 2.75) is 25.4 Å². The first-order valence-corrected chi connectivity index (χ1v) is 7.83. The van der Waals surface area contributed by atoms with Gasteiger partial charge in [0.1, 0.15) is 0 Å². The first kappa shape index (κ1) is 16.8. The summed E-state index contributed by atoms with van der Waals surface area (Å²) in [5, 5.41) is 3.23. The molecular formula is C16H22ClN3O2. The average Bonchev–Trinajstić information content (AvgIpc) is 2.53. The molecule has 0 spiro atoms. The maximum absolute atomic E-state index is 12.2. The van der Waals surface area contributed by atoms with Crippen molar-refractivity contribution >= 4 is 23.4 Å². The molecule has 0 radical (unpaired) electrons. The van der Waals surface area contributed by atoms with E-state index in [1.807, 2.05) is 18.2 Å². The van der Waals surface area contributed by atoms with Gasteiger partial charge in [0, 0.05) is 24.7 Å². The van der Waals surface area contributed by atoms with E-state index in [9.17, 15) is 9.59 Å². The Morgan fingerprint density at radius 2 is 1.95 bits per heavy atom. The highest BCUT2D eigenvalue weighted by molar-refractivity contribution is 6.35. The first-order valence-electron chi connectivity index (χ1n) is 7.46. The topological polar surface area (TPSA) is 52.7 Å². The number of likely N-dealkylation sites (N-methyl/N-ethyl adjacent to an activating group) is 1. The zero-order valence-corrected chi connectivity index (χ0v) is 13.8. The summed E-state index contributed by atoms with van der Waals surface area (Å²) in [5.74, 6) is -1.07. The van der Waals surface area contributed by atoms with Crippen molar-refractivity contribution in [1.82, 2.24) is 15.1 Å². The summed E-state index contributed by atoms with van der Waals surface area (Å²) in [5.41, 5.74) is 0.798. The Morgan fingerprint density at radius 1 is 1.32 bits per heavy atom. The number of hydrogen-bond acceptors (Lipinski definition) is 3. The van der Waals surface area contributed by atoms with E-state index in [1.165, 1.54) is 0 Å². The van der Waals surface area contributed by atoms with Crippen molar-refractivity contribution in [1.29, 1.82) is 0 Å². The quantitative estimate of drug-likeness (QED) is 0.858. The molecule has 2 rings (SSSR count). The van der Waals surface area contributed by atoms with Crippen molar-refractivity contribution < 1.29 is 9.59 Å². The van der Waals surface area contributed by atoms with Crippen LogP contribution in [0.3, 0.4) is 0 Å². The highest BCUT2D eigenvalue weighted by atomic mass is 35.5. The number of piperidine rings is 1. The summed E-state index contributed by atoms with van der Waals surface area (Å²) >= 11 is 6.03. The lowest BCUT2D eigenvalue weighted by Crippen LogP contribution is -2.49. The Labute approximate surface area is 136 Å². The molecule has 0 unspecified atom stereocenters. The van der Waals surface area contributed by atoms with Crippen molar-refractivity contribution in [2.75, 3.05) is 27.2 Å². The number of carbonyl (C=O) groups is 2. The van der Waals surface area contributed by atoms with Crippen molar-refractivity contribution in [2.24, 2.45) is 0 Å². The SMILES string of the molecule is CN1CCC(N(C)C(=O)C(=O)NCc2ccccc2Cl)CC1. The van der Waals surface area contributed by atoms with Crippen molar-refractivity contribution in [3.63, 3.8) is 0 Å². The second-order valence-corrected chi connectivity index (χ2v) is 6.13. The van der Waals surface area contributed by atoms with Gasteiger partial charge in [0.25, 0.3) is 0 Å². The fraction of sp³-hybridized carbons (Fsp3) is 0.500. The zero-order valence-electron chi connectivity index (χ0n) is 13.0. The van der Waals surface area contributed by atoms with Crippen molar-refractivity contribution in [3.05, 3.63) is 34.9 Å². The van der Waals surface area contributed by atoms with Gasteiger partial charge in [-0.05, 0) is 44.6 Å². The van der Waals surface area contributed by atoms with Crippen LogP contribution in [0.15, 0.2) is 24.3 Å². The van der Waals surface area contributed by atoms with Gasteiger partial charge in [-0.25, -0.2) is 0 Å². The lowest BCUT2D eigenvalue weighted by molar-refractivity contribution is -0.147. The molecule has 1 N–H and O–H groups in total. The third kappa shape index (κ3) is 4.21. The largest absolute Gasteiger partial charge is 0.344 e. The smallest absolute Gasteiger partial charge is 0.311 e. The van der Waals surface area contributed by atoms with E-state index >= 15 is 0 Å². The Morgan fingerprint density at radius 3 is 2.59 bits per heavy atom. The van der Waals surface area contributed by atoms with E-state index in [4.69, 9.17) is 11.6 Å². The molecule has 0 aliphatic carbocycles. The van der Waals surface area contributed by atoms with Crippen LogP contribution < -0.4 is 5.32 Å². The van der Waals surface area contributed by atoms with Crippen LogP contribution in [0.5, 0.6) is 0 Å². The van der Waals surface area contributed by atoms with Gasteiger partial charge in [-0.2, -0.15) is 0 Å². The number of halogens is 1. The standard InChI is InChI=1S/C16H22ClN3O2/c1-19-9-7-13(8-10-19)20(2)16(22)15(21)18-11-12-5-3-4-6-14(12)17/h3-6,13H,7-11H2,1-2H3,(H,18,21). The number of hydrogen-bond donors (Lipinski definition) is 1. The highest BCUT2D eigenvalue weighted by Gasteiger charge is 2.27. The predicted octanol–water partition coefficient (Wildman–Crippen LogP) is 1.51. The number of benzene rings is 1. The number of nitrogens with zero attached hydrogens (tertiary/aromatic N) is 2. The molecule has 1 fully saturated rings. The predicted molar refractivity (Wildman–Crippen MR) is 86.6 cm³/mol. The van der Waals surface area contributed by atoms with E-state index in [2.05, 4.69) is 17.3 Å². The maximum atomic E-state index is 12.2. The molecular weight excluding hydrogens is 302 g/mol. The van der Waals surface area contributed by atoms with Gasteiger partial charge in [0.05, 0.1) is 0 Å². The molecule has 5 nitrogen and oxygen atoms in total. The van der Waals surface area contributed by atoms with Gasteiger partial charge in [0.15, 0.2) is 0 Å². The summed E-state index contributed by atoms with van der Waals surface area (Å²) in [7, 11) is 3.77. The minimum absolute atomic E-state index is 0.134. The second kappa shape index (κ2) is 7.61. The van der Waals surface area contributed by atoms with Gasteiger partial charge in [-0.3, -0.25) is 9.59 Å². The lowest BCUT2D eigenvalue weighted by atomic mass is 10.0. The summed E-state index contributed by atoms with van der Waals surface area (Å²) in [6.45, 7) is 2.15. The molecule has 120 valence electrons. The molecule has 1 aliphatic rings. The minimum atomic E-state index is -0.582. The second-order valence-electron chi connectivity index (χ2n) is 5.72. The summed E-state index contributed by atoms with van der Waals surface area (Å²) < 4.78 is 0. The zero-order chi connectivity index (χ0) is 16.1. The maximum Gasteiger partial charge on any atom is 0.311 e. The van der Waals surface area contributed by atoms with Crippen LogP contribution in [-0.2, 0) is 16.1 Å². The van der Waals surface area contributed by atoms with Crippen LogP contribution >= 0.6 is 11.6 Å². The number of amides is 2. The van der Waals surface area contributed by atoms with Crippen LogP contribution in [0.1, 0.15) is 18.4 Å². The summed E-state index contributed by atoms with van der Waals surface area (Å²) in [6.07, 6.45) is 1.80. The lowest BCUT2D eigenvalue weighted by Gasteiger charge is -2.34. The van der Waals surface area contributed by atoms with Gasteiger partial charge in [-0.1, -0.05) is 29.8 Å². The molecule has 6 heteroatoms. The Kier molecular flexibility index (Phi) is 5.80. The third-order valence-corrected chi connectivity index (χ3v) is 4.52. The highest BCUT2D eigenvalue weighted by Crippen LogP contribution is 2.15. The van der Waals surface area contributed by atoms with Crippen LogP contribution in [0.25, 0.3) is 0 Å². The third-order valence-electron chi connectivity index (χ3n) is 4.15. The molecule has 2 amide bonds. The van der Waals surface area contributed by atoms with E-state index in [0.717, 1.165) is 31.5 Å². The Bertz CT molecular complexity index is 542. The van der Waals surface area contributed by atoms with Gasteiger partial charge >= 0.3 is 11.8 Å². The summed E-state index contributed by atoms with van der Waals surface area (Å²) in [4.78, 5) is 28.0. The fourth-order valence-electron chi connectivity index (χ4n) is 2.60. The minimum Gasteiger partial charge on any atom is -0.344 e. The molecule has 0 atom stereocenters. The molecule has 1 aromatic carbocycles. The molecule has 1 heterocycles. The van der Waals surface area contributed by atoms with E-state index in [1.54, 1.807) is 18.0 Å². The Hall–Kier alpha value is -1.59. The number of rotatable bonds is 3. The van der Waals surface area contributed by atoms with E-state index < -0.39 is 11.8 Å². The van der Waals surface area contributed by atoms with Crippen LogP contribution in [0, 0.1) is 0 Å². The van der Waals surface area contributed by atoms with Gasteiger partial charge in [-0.15, -0.1) is 0 Å². The van der Waals surface area contributed by atoms with E-state index in [-0.39, 0.29) is 12.6 Å². The monoisotopic (exact) mass is 323 g/mol. The average molecular weight is 324 g/mol. The van der Waals surface area contributed by atoms with Crippen molar-refractivity contribution in [3.8, 4) is 0 Å². The number of nitrogens with one attached hydrogen (secondary N) is 1. The van der Waals surface area contributed by atoms with Crippen LogP contribution in [0.2, 0.25) is 5.02 Å². The first-order chi connectivity index (χ1) is 10.5. The van der Waals surface area contributed by atoms with Crippen LogP contribution in [-0.4, -0.2) is 54.8 Å². The molecule has 1 aliphatic heterocycles. The molecule has 1 aromatic rings. The number of carbonyl (C=O) groups excluding carboxylic acids is 2. The normalized spacial score (nSPS) is 16.3. The molecule has 1 saturated heterocycles. The number of likely N-dealkylation sites (tertiary alicyclic amines) is 1. The molecule has 0 saturated carbocycles. The molecule has 22 heavy (non-hydrogen) atoms. The van der Waals surface area contributed by atoms with Gasteiger partial charge in [0.2, 0.25) is 0 Å². The van der Waals surface area contributed by atoms with Crippen LogP contribution in [0.4, 0.5) is 0 Å². The van der Waals surface area contributed by atoms with Gasteiger partial charge < -0.3 is 15.1 Å². The fourth-order valence-corrected chi connectivity index (χ4v) is 2.80. The Balaban J connectivity index is 1.86. The molecule has 0 aromatic heterocycles. The molecule has 0 bridgehead atoms.